The molecule has 0 saturated heterocycles. The molecule has 0 aliphatic rings. The van der Waals surface area contributed by atoms with Gasteiger partial charge >= 0.3 is 0 Å². The smallest absolute Gasteiger partial charge is 0.267 e. The molecule has 0 atom stereocenters. The molecule has 1 radical (unpaired) electrons. The van der Waals surface area contributed by atoms with Gasteiger partial charge in [0.1, 0.15) is 6.20 Å². The van der Waals surface area contributed by atoms with Crippen molar-refractivity contribution >= 4 is 5.91 Å². The molecule has 1 heterocycles. The van der Waals surface area contributed by atoms with Gasteiger partial charge in [-0.1, -0.05) is 0 Å². The zero-order valence-corrected chi connectivity index (χ0v) is 5.16. The molecule has 0 bridgehead atoms. The van der Waals surface area contributed by atoms with Gasteiger partial charge in [0, 0.05) is 6.20 Å². The Balaban J connectivity index is 2.85. The monoisotopic (exact) mass is 136 g/mol. The van der Waals surface area contributed by atoms with Gasteiger partial charge in [-0.25, -0.2) is 5.84 Å². The zero-order chi connectivity index (χ0) is 7.40. The van der Waals surface area contributed by atoms with Gasteiger partial charge in [0.05, 0.1) is 5.56 Å². The molecular formula is C6H6N3O. The van der Waals surface area contributed by atoms with Crippen molar-refractivity contribution in [1.82, 2.24) is 10.4 Å². The Kier molecular flexibility index (Phi) is 1.96. The van der Waals surface area contributed by atoms with E-state index >= 15 is 0 Å². The fourth-order valence-corrected chi connectivity index (χ4v) is 0.531. The predicted molar refractivity (Wildman–Crippen MR) is 34.7 cm³/mol. The van der Waals surface area contributed by atoms with E-state index in [-0.39, 0.29) is 5.91 Å². The second kappa shape index (κ2) is 2.93. The number of hydrazine groups is 1. The van der Waals surface area contributed by atoms with Crippen LogP contribution in [0.5, 0.6) is 0 Å². The summed E-state index contributed by atoms with van der Waals surface area (Å²) in [4.78, 5) is 14.3. The Morgan fingerprint density at radius 1 is 1.80 bits per heavy atom. The average Bonchev–Trinajstić information content (AvgIpc) is 2.05. The number of nitrogens with one attached hydrogen (secondary N) is 1. The molecule has 1 amide bonds. The number of hydrogen-bond acceptors (Lipinski definition) is 3. The largest absolute Gasteiger partial charge is 0.290 e. The van der Waals surface area contributed by atoms with Crippen LogP contribution in [-0.4, -0.2) is 10.9 Å². The summed E-state index contributed by atoms with van der Waals surface area (Å²) >= 11 is 0. The number of aromatic nitrogens is 1. The fourth-order valence-electron chi connectivity index (χ4n) is 0.531. The van der Waals surface area contributed by atoms with E-state index in [1.165, 1.54) is 6.20 Å². The quantitative estimate of drug-likeness (QED) is 0.310. The summed E-state index contributed by atoms with van der Waals surface area (Å²) in [6.07, 6.45) is 4.01. The standard InChI is InChI=1S/C6H6N3O/c7-9-6(10)5-2-1-3-8-4-5/h1-3H,7H2,(H,9,10). The van der Waals surface area contributed by atoms with Gasteiger partial charge in [-0.05, 0) is 12.1 Å². The summed E-state index contributed by atoms with van der Waals surface area (Å²) in [7, 11) is 0. The van der Waals surface area contributed by atoms with Crippen LogP contribution in [0.1, 0.15) is 10.4 Å². The molecule has 3 N–H and O–H groups in total. The van der Waals surface area contributed by atoms with Crippen LogP contribution in [-0.2, 0) is 0 Å². The molecule has 0 aliphatic carbocycles. The van der Waals surface area contributed by atoms with Crippen molar-refractivity contribution in [2.45, 2.75) is 0 Å². The first-order valence-corrected chi connectivity index (χ1v) is 2.68. The van der Waals surface area contributed by atoms with Crippen molar-refractivity contribution in [2.75, 3.05) is 0 Å². The summed E-state index contributed by atoms with van der Waals surface area (Å²) in [5.41, 5.74) is 2.31. The van der Waals surface area contributed by atoms with Crippen LogP contribution in [0.25, 0.3) is 0 Å². The average molecular weight is 136 g/mol. The SMILES string of the molecule is NNC(=O)c1[c]nccc1. The second-order valence-corrected chi connectivity index (χ2v) is 1.64. The van der Waals surface area contributed by atoms with Crippen LogP contribution in [0.2, 0.25) is 0 Å². The lowest BCUT2D eigenvalue weighted by Crippen LogP contribution is -2.30. The second-order valence-electron chi connectivity index (χ2n) is 1.64. The van der Waals surface area contributed by atoms with Crippen LogP contribution in [0.3, 0.4) is 0 Å². The predicted octanol–water partition coefficient (Wildman–Crippen LogP) is -0.515. The van der Waals surface area contributed by atoms with Crippen molar-refractivity contribution in [3.63, 3.8) is 0 Å². The first-order valence-electron chi connectivity index (χ1n) is 2.68. The van der Waals surface area contributed by atoms with Crippen molar-refractivity contribution in [3.05, 3.63) is 30.1 Å². The number of rotatable bonds is 1. The maximum absolute atomic E-state index is 10.7. The summed E-state index contributed by atoms with van der Waals surface area (Å²) in [6, 6.07) is 3.22. The molecule has 51 valence electrons. The molecular weight excluding hydrogens is 130 g/mol. The van der Waals surface area contributed by atoms with E-state index in [9.17, 15) is 4.79 Å². The molecule has 1 aromatic heterocycles. The number of amides is 1. The Bertz CT molecular complexity index is 222. The summed E-state index contributed by atoms with van der Waals surface area (Å²) in [5, 5.41) is 0. The van der Waals surface area contributed by atoms with Crippen LogP contribution in [0, 0.1) is 6.20 Å². The third-order valence-electron chi connectivity index (χ3n) is 0.984. The molecule has 1 aromatic rings. The highest BCUT2D eigenvalue weighted by Gasteiger charge is 2.00. The zero-order valence-electron chi connectivity index (χ0n) is 5.16. The first kappa shape index (κ1) is 6.70. The number of pyridine rings is 1. The summed E-state index contributed by atoms with van der Waals surface area (Å²) in [6.45, 7) is 0. The Labute approximate surface area is 58.0 Å². The van der Waals surface area contributed by atoms with Gasteiger partial charge in [0.25, 0.3) is 5.91 Å². The molecule has 4 nitrogen and oxygen atoms in total. The highest BCUT2D eigenvalue weighted by atomic mass is 16.2. The lowest BCUT2D eigenvalue weighted by atomic mass is 10.3. The highest BCUT2D eigenvalue weighted by molar-refractivity contribution is 5.93. The highest BCUT2D eigenvalue weighted by Crippen LogP contribution is 1.91. The van der Waals surface area contributed by atoms with Crippen LogP contribution >= 0.6 is 0 Å². The van der Waals surface area contributed by atoms with E-state index in [0.717, 1.165) is 0 Å². The third-order valence-corrected chi connectivity index (χ3v) is 0.984. The fraction of sp³-hybridized carbons (Fsp3) is 0. The number of carbonyl (C=O) groups excluding carboxylic acids is 1. The van der Waals surface area contributed by atoms with E-state index in [0.29, 0.717) is 5.56 Å². The topological polar surface area (TPSA) is 68.0 Å². The van der Waals surface area contributed by atoms with E-state index in [4.69, 9.17) is 5.84 Å². The van der Waals surface area contributed by atoms with E-state index in [1.807, 2.05) is 5.43 Å². The van der Waals surface area contributed by atoms with Crippen molar-refractivity contribution in [3.8, 4) is 0 Å². The summed E-state index contributed by atoms with van der Waals surface area (Å²) in [5.74, 6) is 4.48. The third kappa shape index (κ3) is 1.29. The Hall–Kier alpha value is -1.42. The molecule has 0 saturated carbocycles. The van der Waals surface area contributed by atoms with E-state index in [1.54, 1.807) is 12.1 Å². The minimum Gasteiger partial charge on any atom is -0.290 e. The minimum atomic E-state index is -0.381. The number of carbonyl (C=O) groups is 1. The Morgan fingerprint density at radius 2 is 2.60 bits per heavy atom. The van der Waals surface area contributed by atoms with Crippen molar-refractivity contribution in [1.29, 1.82) is 0 Å². The van der Waals surface area contributed by atoms with Crippen LogP contribution in [0.15, 0.2) is 18.3 Å². The number of nitrogen functional groups attached to an aromatic ring is 1. The molecule has 10 heavy (non-hydrogen) atoms. The van der Waals surface area contributed by atoms with Gasteiger partial charge in [0.15, 0.2) is 0 Å². The lowest BCUT2D eigenvalue weighted by Gasteiger charge is -1.94. The Morgan fingerprint density at radius 3 is 3.10 bits per heavy atom. The molecule has 1 rings (SSSR count). The van der Waals surface area contributed by atoms with Crippen LogP contribution in [0.4, 0.5) is 0 Å². The maximum Gasteiger partial charge on any atom is 0.267 e. The molecule has 0 aliphatic heterocycles. The molecule has 0 unspecified atom stereocenters. The number of hydrogen-bond donors (Lipinski definition) is 2. The number of nitrogens with two attached hydrogens (primary N) is 1. The summed E-state index contributed by atoms with van der Waals surface area (Å²) < 4.78 is 0. The number of nitrogens with zero attached hydrogens (tertiary/aromatic N) is 1. The van der Waals surface area contributed by atoms with Crippen molar-refractivity contribution in [2.24, 2.45) is 5.84 Å². The normalized spacial score (nSPS) is 8.90. The van der Waals surface area contributed by atoms with E-state index in [2.05, 4.69) is 11.2 Å². The van der Waals surface area contributed by atoms with Crippen molar-refractivity contribution < 1.29 is 4.79 Å². The maximum atomic E-state index is 10.7. The lowest BCUT2D eigenvalue weighted by molar-refractivity contribution is 0.0953. The van der Waals surface area contributed by atoms with Gasteiger partial charge in [0.2, 0.25) is 0 Å². The van der Waals surface area contributed by atoms with Gasteiger partial charge in [-0.2, -0.15) is 0 Å². The first-order chi connectivity index (χ1) is 4.84. The van der Waals surface area contributed by atoms with Gasteiger partial charge in [-0.15, -0.1) is 0 Å². The van der Waals surface area contributed by atoms with E-state index < -0.39 is 0 Å². The van der Waals surface area contributed by atoms with Crippen LogP contribution < -0.4 is 11.3 Å². The molecule has 0 aromatic carbocycles. The minimum absolute atomic E-state index is 0.338. The molecule has 0 spiro atoms. The molecule has 4 heteroatoms. The van der Waals surface area contributed by atoms with Gasteiger partial charge in [-0.3, -0.25) is 15.2 Å². The van der Waals surface area contributed by atoms with Gasteiger partial charge < -0.3 is 0 Å². The molecule has 0 fully saturated rings.